The molecule has 0 saturated heterocycles. The van der Waals surface area contributed by atoms with Crippen LogP contribution in [0.25, 0.3) is 22.7 Å². The molecule has 0 radical (unpaired) electrons. The molecule has 0 unspecified atom stereocenters. The first-order valence-electron chi connectivity index (χ1n) is 9.62. The number of benzene rings is 1. The van der Waals surface area contributed by atoms with E-state index in [0.29, 0.717) is 11.5 Å². The number of aromatic nitrogens is 6. The quantitative estimate of drug-likeness (QED) is 0.429. The Balaban J connectivity index is 1.57. The number of para-hydroxylation sites is 1. The molecule has 0 spiro atoms. The van der Waals surface area contributed by atoms with Crippen molar-refractivity contribution in [1.82, 2.24) is 29.5 Å². The Bertz CT molecular complexity index is 1500. The van der Waals surface area contributed by atoms with Crippen molar-refractivity contribution in [2.75, 3.05) is 5.32 Å². The van der Waals surface area contributed by atoms with Gasteiger partial charge in [-0.25, -0.2) is 9.07 Å². The van der Waals surface area contributed by atoms with Crippen LogP contribution in [0.15, 0.2) is 58.8 Å². The Morgan fingerprint density at radius 3 is 2.84 bits per heavy atom. The van der Waals surface area contributed by atoms with Crippen molar-refractivity contribution in [3.63, 3.8) is 0 Å². The molecule has 0 saturated carbocycles. The average Bonchev–Trinajstić information content (AvgIpc) is 3.49. The number of H-pyrrole nitrogens is 1. The molecule has 32 heavy (non-hydrogen) atoms. The lowest BCUT2D eigenvalue weighted by atomic mass is 10.3. The highest BCUT2D eigenvalue weighted by Gasteiger charge is 2.18. The second-order valence-corrected chi connectivity index (χ2v) is 8.05. The van der Waals surface area contributed by atoms with E-state index >= 15 is 0 Å². The predicted octanol–water partition coefficient (Wildman–Crippen LogP) is 2.98. The second-order valence-electron chi connectivity index (χ2n) is 7.02. The van der Waals surface area contributed by atoms with Crippen molar-refractivity contribution in [1.29, 1.82) is 0 Å². The Hall–Kier alpha value is -4.12. The van der Waals surface area contributed by atoms with Crippen LogP contribution in [0, 0.1) is 12.7 Å². The van der Waals surface area contributed by atoms with Crippen molar-refractivity contribution in [2.45, 2.75) is 13.3 Å². The Kier molecular flexibility index (Phi) is 4.86. The van der Waals surface area contributed by atoms with E-state index in [2.05, 4.69) is 25.5 Å². The normalized spacial score (nSPS) is 11.2. The fraction of sp³-hybridized carbons (Fsp3) is 0.0952. The largest absolute Gasteiger partial charge is 0.310 e. The number of carbonyl (C=O) groups is 1. The molecule has 1 aromatic carbocycles. The zero-order valence-electron chi connectivity index (χ0n) is 16.7. The SMILES string of the molecule is Cc1cc(NC(=O)Cc2cccs2)n(-c2nc3c(cnn3-c3ccccc3F)c(=O)[nH]2)n1. The molecule has 11 heteroatoms. The van der Waals surface area contributed by atoms with Crippen LogP contribution in [0.4, 0.5) is 10.2 Å². The summed E-state index contributed by atoms with van der Waals surface area (Å²) >= 11 is 1.49. The first-order valence-corrected chi connectivity index (χ1v) is 10.5. The number of anilines is 1. The van der Waals surface area contributed by atoms with Crippen molar-refractivity contribution in [3.05, 3.63) is 80.8 Å². The fourth-order valence-electron chi connectivity index (χ4n) is 3.32. The number of nitrogens with one attached hydrogen (secondary N) is 2. The van der Waals surface area contributed by atoms with Crippen LogP contribution in [0.2, 0.25) is 0 Å². The Labute approximate surface area is 184 Å². The van der Waals surface area contributed by atoms with Gasteiger partial charge in [-0.1, -0.05) is 18.2 Å². The summed E-state index contributed by atoms with van der Waals surface area (Å²) in [5.41, 5.74) is 0.476. The summed E-state index contributed by atoms with van der Waals surface area (Å²) in [7, 11) is 0. The van der Waals surface area contributed by atoms with E-state index in [9.17, 15) is 14.0 Å². The molecule has 0 bridgehead atoms. The fourth-order valence-corrected chi connectivity index (χ4v) is 4.02. The molecule has 9 nitrogen and oxygen atoms in total. The van der Waals surface area contributed by atoms with Crippen molar-refractivity contribution < 1.29 is 9.18 Å². The number of hydrogen-bond donors (Lipinski definition) is 2. The molecule has 0 atom stereocenters. The minimum absolute atomic E-state index is 0.0695. The first-order chi connectivity index (χ1) is 15.5. The lowest BCUT2D eigenvalue weighted by Crippen LogP contribution is -2.20. The van der Waals surface area contributed by atoms with Crippen LogP contribution in [0.1, 0.15) is 10.6 Å². The first kappa shape index (κ1) is 19.8. The van der Waals surface area contributed by atoms with E-state index in [-0.39, 0.29) is 35.0 Å². The summed E-state index contributed by atoms with van der Waals surface area (Å²) in [5, 5.41) is 13.4. The molecule has 4 heterocycles. The summed E-state index contributed by atoms with van der Waals surface area (Å²) in [5.74, 6) is -0.311. The lowest BCUT2D eigenvalue weighted by Gasteiger charge is -2.09. The number of hydrogen-bond acceptors (Lipinski definition) is 6. The average molecular weight is 449 g/mol. The molecular formula is C21H16FN7O2S. The molecule has 4 aromatic heterocycles. The van der Waals surface area contributed by atoms with E-state index in [1.165, 1.54) is 33.0 Å². The minimum atomic E-state index is -0.502. The maximum Gasteiger partial charge on any atom is 0.263 e. The number of aromatic amines is 1. The Morgan fingerprint density at radius 2 is 2.06 bits per heavy atom. The van der Waals surface area contributed by atoms with Gasteiger partial charge in [-0.15, -0.1) is 11.3 Å². The zero-order valence-corrected chi connectivity index (χ0v) is 17.6. The van der Waals surface area contributed by atoms with E-state index in [4.69, 9.17) is 0 Å². The number of nitrogens with zero attached hydrogens (tertiary/aromatic N) is 5. The predicted molar refractivity (Wildman–Crippen MR) is 118 cm³/mol. The second kappa shape index (κ2) is 7.85. The summed E-state index contributed by atoms with van der Waals surface area (Å²) in [4.78, 5) is 33.2. The standard InChI is InChI=1S/C21H16FN7O2S/c1-12-9-17(24-18(30)10-13-5-4-8-32-13)29(27-12)21-25-19-14(20(31)26-21)11-23-28(19)16-7-3-2-6-15(16)22/h2-9,11H,10H2,1H3,(H,24,30)(H,25,26,31). The molecule has 2 N–H and O–H groups in total. The van der Waals surface area contributed by atoms with Crippen LogP contribution < -0.4 is 10.9 Å². The molecule has 160 valence electrons. The zero-order chi connectivity index (χ0) is 22.2. The number of halogens is 1. The van der Waals surface area contributed by atoms with Crippen LogP contribution >= 0.6 is 11.3 Å². The molecule has 0 aliphatic carbocycles. The summed E-state index contributed by atoms with van der Waals surface area (Å²) in [6.45, 7) is 1.76. The smallest absolute Gasteiger partial charge is 0.263 e. The molecular weight excluding hydrogens is 433 g/mol. The van der Waals surface area contributed by atoms with Gasteiger partial charge >= 0.3 is 0 Å². The van der Waals surface area contributed by atoms with Gasteiger partial charge in [-0.3, -0.25) is 14.6 Å². The molecule has 0 aliphatic heterocycles. The van der Waals surface area contributed by atoms with Crippen LogP contribution in [-0.4, -0.2) is 35.4 Å². The third kappa shape index (κ3) is 3.58. The van der Waals surface area contributed by atoms with Crippen molar-refractivity contribution in [3.8, 4) is 11.6 Å². The minimum Gasteiger partial charge on any atom is -0.310 e. The van der Waals surface area contributed by atoms with E-state index < -0.39 is 11.4 Å². The van der Waals surface area contributed by atoms with Crippen LogP contribution in [0.5, 0.6) is 0 Å². The van der Waals surface area contributed by atoms with Gasteiger partial charge in [0.25, 0.3) is 5.56 Å². The number of fused-ring (bicyclic) bond motifs is 1. The van der Waals surface area contributed by atoms with Gasteiger partial charge in [0.15, 0.2) is 5.65 Å². The van der Waals surface area contributed by atoms with Gasteiger partial charge in [0.2, 0.25) is 11.9 Å². The van der Waals surface area contributed by atoms with Crippen molar-refractivity contribution >= 4 is 34.1 Å². The number of aryl methyl sites for hydroxylation is 1. The lowest BCUT2D eigenvalue weighted by molar-refractivity contribution is -0.115. The van der Waals surface area contributed by atoms with E-state index in [1.54, 1.807) is 31.2 Å². The van der Waals surface area contributed by atoms with E-state index in [0.717, 1.165) is 4.88 Å². The van der Waals surface area contributed by atoms with Gasteiger partial charge < -0.3 is 5.32 Å². The molecule has 5 aromatic rings. The van der Waals surface area contributed by atoms with Gasteiger partial charge in [-0.05, 0) is 30.5 Å². The van der Waals surface area contributed by atoms with Gasteiger partial charge in [0.1, 0.15) is 22.7 Å². The summed E-state index contributed by atoms with van der Waals surface area (Å²) < 4.78 is 16.9. The maximum absolute atomic E-state index is 14.3. The molecule has 0 fully saturated rings. The highest BCUT2D eigenvalue weighted by atomic mass is 32.1. The molecule has 0 aliphatic rings. The third-order valence-corrected chi connectivity index (χ3v) is 5.60. The number of carbonyl (C=O) groups excluding carboxylic acids is 1. The number of thiophene rings is 1. The van der Waals surface area contributed by atoms with Gasteiger partial charge in [-0.2, -0.15) is 19.9 Å². The van der Waals surface area contributed by atoms with Crippen molar-refractivity contribution in [2.24, 2.45) is 0 Å². The van der Waals surface area contributed by atoms with Gasteiger partial charge in [0.05, 0.1) is 18.3 Å². The Morgan fingerprint density at radius 1 is 1.22 bits per heavy atom. The van der Waals surface area contributed by atoms with Crippen LogP contribution in [0.3, 0.4) is 0 Å². The molecule has 1 amide bonds. The summed E-state index contributed by atoms with van der Waals surface area (Å²) in [6, 6.07) is 11.5. The monoisotopic (exact) mass is 449 g/mol. The van der Waals surface area contributed by atoms with E-state index in [1.807, 2.05) is 17.5 Å². The third-order valence-electron chi connectivity index (χ3n) is 4.72. The molecule has 5 rings (SSSR count). The highest BCUT2D eigenvalue weighted by molar-refractivity contribution is 7.10. The summed E-state index contributed by atoms with van der Waals surface area (Å²) in [6.07, 6.45) is 1.54. The highest BCUT2D eigenvalue weighted by Crippen LogP contribution is 2.20. The van der Waals surface area contributed by atoms with Crippen LogP contribution in [-0.2, 0) is 11.2 Å². The maximum atomic E-state index is 14.3. The number of rotatable bonds is 5. The number of amides is 1. The van der Waals surface area contributed by atoms with Gasteiger partial charge in [0, 0.05) is 10.9 Å². The topological polar surface area (TPSA) is 110 Å².